The number of hydrogen-bond acceptors (Lipinski definition) is 3. The quantitative estimate of drug-likeness (QED) is 0.621. The zero-order valence-corrected chi connectivity index (χ0v) is 13.5. The highest BCUT2D eigenvalue weighted by molar-refractivity contribution is 5.78. The Morgan fingerprint density at radius 2 is 1.71 bits per heavy atom. The SMILES string of the molecule is C1=Cc2c(ccc3c2CCc2ccccc2-3)CC1.c1cnncn1. The second kappa shape index (κ2) is 6.75. The van der Waals surface area contributed by atoms with Crippen LogP contribution in [0.15, 0.2) is 61.2 Å². The maximum absolute atomic E-state index is 3.61. The molecular weight excluding hydrogens is 294 g/mol. The van der Waals surface area contributed by atoms with E-state index >= 15 is 0 Å². The van der Waals surface area contributed by atoms with E-state index in [1.807, 2.05) is 0 Å². The number of nitrogens with zero attached hydrogens (tertiary/aromatic N) is 3. The lowest BCUT2D eigenvalue weighted by molar-refractivity contribution is 0.915. The summed E-state index contributed by atoms with van der Waals surface area (Å²) in [5, 5.41) is 6.90. The third-order valence-electron chi connectivity index (χ3n) is 4.67. The lowest BCUT2D eigenvalue weighted by Gasteiger charge is -2.24. The van der Waals surface area contributed by atoms with Crippen molar-refractivity contribution in [2.75, 3.05) is 0 Å². The molecule has 3 nitrogen and oxygen atoms in total. The Kier molecular flexibility index (Phi) is 4.15. The van der Waals surface area contributed by atoms with Crippen LogP contribution in [0.2, 0.25) is 0 Å². The molecule has 2 aliphatic carbocycles. The molecule has 118 valence electrons. The van der Waals surface area contributed by atoms with Crippen LogP contribution in [0.4, 0.5) is 0 Å². The highest BCUT2D eigenvalue weighted by Gasteiger charge is 2.19. The maximum Gasteiger partial charge on any atom is 0.138 e. The molecule has 0 unspecified atom stereocenters. The van der Waals surface area contributed by atoms with Gasteiger partial charge in [0, 0.05) is 6.20 Å². The average Bonchev–Trinajstić information content (AvgIpc) is 2.69. The molecule has 0 fully saturated rings. The van der Waals surface area contributed by atoms with Gasteiger partial charge >= 0.3 is 0 Å². The van der Waals surface area contributed by atoms with Gasteiger partial charge in [-0.1, -0.05) is 48.6 Å². The van der Waals surface area contributed by atoms with E-state index in [1.54, 1.807) is 11.8 Å². The molecule has 0 bridgehead atoms. The number of benzene rings is 2. The van der Waals surface area contributed by atoms with Crippen LogP contribution in [-0.4, -0.2) is 15.2 Å². The van der Waals surface area contributed by atoms with E-state index in [0.717, 1.165) is 0 Å². The Bertz CT molecular complexity index is 843. The standard InChI is InChI=1S/C18H16.C3H3N3/c1-3-7-15-13(5-1)9-11-18-16-8-4-2-6-14(16)10-12-17(15)18;1-2-5-6-3-4-1/h1,3-5,7-8,10,12H,2,6,9,11H2;1-3H. The number of fused-ring (bicyclic) bond motifs is 5. The fourth-order valence-corrected chi connectivity index (χ4v) is 3.57. The smallest absolute Gasteiger partial charge is 0.138 e. The Morgan fingerprint density at radius 3 is 2.50 bits per heavy atom. The number of aromatic nitrogens is 3. The number of hydrogen-bond donors (Lipinski definition) is 0. The monoisotopic (exact) mass is 313 g/mol. The van der Waals surface area contributed by atoms with E-state index in [9.17, 15) is 0 Å². The van der Waals surface area contributed by atoms with Crippen molar-refractivity contribution in [2.45, 2.75) is 25.7 Å². The molecule has 3 heteroatoms. The molecule has 1 aromatic heterocycles. The zero-order valence-electron chi connectivity index (χ0n) is 13.5. The summed E-state index contributed by atoms with van der Waals surface area (Å²) < 4.78 is 0. The Labute approximate surface area is 142 Å². The van der Waals surface area contributed by atoms with Gasteiger partial charge in [0.25, 0.3) is 0 Å². The van der Waals surface area contributed by atoms with Crippen molar-refractivity contribution in [3.63, 3.8) is 0 Å². The van der Waals surface area contributed by atoms with E-state index in [-0.39, 0.29) is 0 Å². The molecule has 0 N–H and O–H groups in total. The second-order valence-corrected chi connectivity index (χ2v) is 6.06. The van der Waals surface area contributed by atoms with Gasteiger partial charge in [-0.3, -0.25) is 0 Å². The van der Waals surface area contributed by atoms with Gasteiger partial charge < -0.3 is 0 Å². The van der Waals surface area contributed by atoms with Crippen molar-refractivity contribution in [1.29, 1.82) is 0 Å². The number of rotatable bonds is 0. The Balaban J connectivity index is 0.000000207. The molecule has 0 saturated carbocycles. The van der Waals surface area contributed by atoms with Crippen molar-refractivity contribution in [3.05, 3.63) is 83.4 Å². The lowest BCUT2D eigenvalue weighted by atomic mass is 9.80. The molecule has 1 heterocycles. The molecule has 0 radical (unpaired) electrons. The zero-order chi connectivity index (χ0) is 16.2. The molecule has 0 saturated heterocycles. The van der Waals surface area contributed by atoms with Gasteiger partial charge in [-0.25, -0.2) is 4.98 Å². The van der Waals surface area contributed by atoms with E-state index < -0.39 is 0 Å². The van der Waals surface area contributed by atoms with Crippen molar-refractivity contribution in [2.24, 2.45) is 0 Å². The third kappa shape index (κ3) is 2.85. The molecule has 2 aliphatic rings. The molecule has 0 aliphatic heterocycles. The maximum atomic E-state index is 3.61. The molecule has 2 aromatic carbocycles. The Hall–Kier alpha value is -2.81. The van der Waals surface area contributed by atoms with Gasteiger partial charge in [-0.05, 0) is 59.1 Å². The van der Waals surface area contributed by atoms with Crippen molar-refractivity contribution >= 4 is 6.08 Å². The van der Waals surface area contributed by atoms with Gasteiger partial charge in [-0.2, -0.15) is 5.10 Å². The van der Waals surface area contributed by atoms with Crippen LogP contribution in [0, 0.1) is 0 Å². The molecular formula is C21H19N3. The van der Waals surface area contributed by atoms with E-state index in [1.165, 1.54) is 66.0 Å². The molecule has 0 amide bonds. The van der Waals surface area contributed by atoms with Gasteiger partial charge in [-0.15, -0.1) is 5.10 Å². The summed E-state index contributed by atoms with van der Waals surface area (Å²) in [6.07, 6.45) is 13.9. The van der Waals surface area contributed by atoms with E-state index in [0.29, 0.717) is 0 Å². The topological polar surface area (TPSA) is 38.7 Å². The van der Waals surface area contributed by atoms with Crippen LogP contribution in [0.1, 0.15) is 28.7 Å². The first-order chi connectivity index (χ1) is 11.9. The predicted octanol–water partition coefficient (Wildman–Crippen LogP) is 4.28. The molecule has 3 aromatic rings. The normalized spacial score (nSPS) is 13.8. The third-order valence-corrected chi connectivity index (χ3v) is 4.67. The summed E-state index contributed by atoms with van der Waals surface area (Å²) in [6.45, 7) is 0. The lowest BCUT2D eigenvalue weighted by Crippen LogP contribution is -2.08. The van der Waals surface area contributed by atoms with Gasteiger partial charge in [0.2, 0.25) is 0 Å². The van der Waals surface area contributed by atoms with E-state index in [4.69, 9.17) is 0 Å². The summed E-state index contributed by atoms with van der Waals surface area (Å²) >= 11 is 0. The first-order valence-corrected chi connectivity index (χ1v) is 8.40. The highest BCUT2D eigenvalue weighted by atomic mass is 15.1. The van der Waals surface area contributed by atoms with Gasteiger partial charge in [0.1, 0.15) is 6.33 Å². The van der Waals surface area contributed by atoms with Crippen LogP contribution in [0.25, 0.3) is 17.2 Å². The molecule has 0 atom stereocenters. The van der Waals surface area contributed by atoms with Gasteiger partial charge in [0.05, 0.1) is 6.20 Å². The van der Waals surface area contributed by atoms with Crippen molar-refractivity contribution in [1.82, 2.24) is 15.2 Å². The fourth-order valence-electron chi connectivity index (χ4n) is 3.57. The Morgan fingerprint density at radius 1 is 0.750 bits per heavy atom. The minimum Gasteiger partial charge on any atom is -0.241 e. The van der Waals surface area contributed by atoms with Gasteiger partial charge in [0.15, 0.2) is 0 Å². The first-order valence-electron chi connectivity index (χ1n) is 8.40. The summed E-state index contributed by atoms with van der Waals surface area (Å²) in [6, 6.07) is 13.5. The number of aryl methyl sites for hydroxylation is 2. The fraction of sp³-hybridized carbons (Fsp3) is 0.190. The van der Waals surface area contributed by atoms with Crippen LogP contribution >= 0.6 is 0 Å². The highest BCUT2D eigenvalue weighted by Crippen LogP contribution is 2.38. The largest absolute Gasteiger partial charge is 0.241 e. The van der Waals surface area contributed by atoms with Crippen LogP contribution in [0.5, 0.6) is 0 Å². The average molecular weight is 313 g/mol. The van der Waals surface area contributed by atoms with E-state index in [2.05, 4.69) is 63.7 Å². The van der Waals surface area contributed by atoms with Crippen molar-refractivity contribution in [3.8, 4) is 11.1 Å². The molecule has 0 spiro atoms. The summed E-state index contributed by atoms with van der Waals surface area (Å²) in [4.78, 5) is 3.61. The second-order valence-electron chi connectivity index (χ2n) is 6.06. The van der Waals surface area contributed by atoms with Crippen LogP contribution < -0.4 is 0 Å². The predicted molar refractivity (Wildman–Crippen MR) is 96.5 cm³/mol. The molecule has 24 heavy (non-hydrogen) atoms. The first kappa shape index (κ1) is 14.8. The summed E-state index contributed by atoms with van der Waals surface area (Å²) in [5.74, 6) is 0. The minimum atomic E-state index is 1.19. The summed E-state index contributed by atoms with van der Waals surface area (Å²) in [5.41, 5.74) is 9.03. The van der Waals surface area contributed by atoms with Crippen LogP contribution in [-0.2, 0) is 19.3 Å². The molecule has 5 rings (SSSR count). The minimum absolute atomic E-state index is 1.19. The number of allylic oxidation sites excluding steroid dienone is 1. The van der Waals surface area contributed by atoms with Crippen LogP contribution in [0.3, 0.4) is 0 Å². The summed E-state index contributed by atoms with van der Waals surface area (Å²) in [7, 11) is 0. The van der Waals surface area contributed by atoms with Crippen molar-refractivity contribution < 1.29 is 0 Å².